The minimum Gasteiger partial charge on any atom is -0.368 e. The van der Waals surface area contributed by atoms with Crippen LogP contribution < -0.4 is 16.0 Å². The number of aryl methyl sites for hydroxylation is 1. The Kier molecular flexibility index (Phi) is 6.19. The minimum absolute atomic E-state index is 0.169. The Morgan fingerprint density at radius 2 is 1.87 bits per heavy atom. The Bertz CT molecular complexity index is 1030. The summed E-state index contributed by atoms with van der Waals surface area (Å²) in [4.78, 5) is 24.5. The smallest absolute Gasteiger partial charge is 0.368 e. The molecule has 11 heteroatoms. The zero-order valence-electron chi connectivity index (χ0n) is 16.3. The summed E-state index contributed by atoms with van der Waals surface area (Å²) in [7, 11) is 0. The lowest BCUT2D eigenvalue weighted by Gasteiger charge is -2.14. The van der Waals surface area contributed by atoms with E-state index in [0.717, 1.165) is 17.5 Å². The van der Waals surface area contributed by atoms with Gasteiger partial charge in [0.2, 0.25) is 0 Å². The summed E-state index contributed by atoms with van der Waals surface area (Å²) in [6, 6.07) is 5.78. The molecule has 0 atom stereocenters. The van der Waals surface area contributed by atoms with E-state index in [9.17, 15) is 18.0 Å². The van der Waals surface area contributed by atoms with Crippen LogP contribution in [0.3, 0.4) is 0 Å². The van der Waals surface area contributed by atoms with Crippen molar-refractivity contribution in [3.05, 3.63) is 59.9 Å². The van der Waals surface area contributed by atoms with Gasteiger partial charge in [0.1, 0.15) is 24.3 Å². The van der Waals surface area contributed by atoms with Gasteiger partial charge >= 0.3 is 12.2 Å². The van der Waals surface area contributed by atoms with Gasteiger partial charge in [-0.1, -0.05) is 12.1 Å². The van der Waals surface area contributed by atoms with Crippen LogP contribution >= 0.6 is 0 Å². The zero-order valence-corrected chi connectivity index (χ0v) is 16.3. The van der Waals surface area contributed by atoms with Crippen LogP contribution in [0, 0.1) is 13.8 Å². The summed E-state index contributed by atoms with van der Waals surface area (Å²) in [6.07, 6.45) is -1.48. The molecule has 0 aliphatic heterocycles. The van der Waals surface area contributed by atoms with Gasteiger partial charge in [0.25, 0.3) is 0 Å². The number of amides is 2. The second-order valence-electron chi connectivity index (χ2n) is 6.40. The number of halogens is 3. The normalized spacial score (nSPS) is 11.2. The fraction of sp³-hybridized carbons (Fsp3) is 0.263. The predicted octanol–water partition coefficient (Wildman–Crippen LogP) is 3.53. The van der Waals surface area contributed by atoms with E-state index < -0.39 is 17.8 Å². The second kappa shape index (κ2) is 8.80. The highest BCUT2D eigenvalue weighted by Gasteiger charge is 2.33. The van der Waals surface area contributed by atoms with Gasteiger partial charge < -0.3 is 16.0 Å². The molecular weight excluding hydrogens is 399 g/mol. The molecule has 0 aliphatic rings. The van der Waals surface area contributed by atoms with E-state index in [2.05, 4.69) is 30.9 Å². The molecule has 2 aromatic heterocycles. The van der Waals surface area contributed by atoms with Crippen LogP contribution in [0.2, 0.25) is 0 Å². The van der Waals surface area contributed by atoms with Gasteiger partial charge in [-0.3, -0.25) is 4.57 Å². The van der Waals surface area contributed by atoms with Gasteiger partial charge in [0, 0.05) is 24.8 Å². The fourth-order valence-electron chi connectivity index (χ4n) is 2.68. The number of hydrogen-bond donors (Lipinski definition) is 3. The first-order valence-corrected chi connectivity index (χ1v) is 9.03. The van der Waals surface area contributed by atoms with Crippen LogP contribution in [0.1, 0.15) is 17.0 Å². The van der Waals surface area contributed by atoms with Gasteiger partial charge in [0.15, 0.2) is 0 Å². The summed E-state index contributed by atoms with van der Waals surface area (Å²) in [6.45, 7) is 4.31. The fourth-order valence-corrected chi connectivity index (χ4v) is 2.68. The van der Waals surface area contributed by atoms with Crippen LogP contribution in [0.5, 0.6) is 0 Å². The molecule has 0 saturated carbocycles. The van der Waals surface area contributed by atoms with Crippen molar-refractivity contribution in [2.24, 2.45) is 0 Å². The maximum absolute atomic E-state index is 13.0. The third-order valence-corrected chi connectivity index (χ3v) is 4.35. The number of hydrogen-bond acceptors (Lipinski definition) is 5. The van der Waals surface area contributed by atoms with Crippen molar-refractivity contribution in [2.75, 3.05) is 23.7 Å². The monoisotopic (exact) mass is 419 g/mol. The Morgan fingerprint density at radius 1 is 1.10 bits per heavy atom. The molecular formula is C19H20F3N7O. The first-order chi connectivity index (χ1) is 14.3. The number of para-hydroxylation sites is 1. The van der Waals surface area contributed by atoms with E-state index in [-0.39, 0.29) is 12.2 Å². The van der Waals surface area contributed by atoms with Crippen LogP contribution in [0.15, 0.2) is 43.0 Å². The highest BCUT2D eigenvalue weighted by molar-refractivity contribution is 5.90. The van der Waals surface area contributed by atoms with E-state index in [1.54, 1.807) is 12.4 Å². The van der Waals surface area contributed by atoms with Crippen molar-refractivity contribution in [3.8, 4) is 5.82 Å². The first-order valence-electron chi connectivity index (χ1n) is 9.03. The molecule has 0 saturated heterocycles. The summed E-state index contributed by atoms with van der Waals surface area (Å²) in [5, 5.41) is 7.75. The highest BCUT2D eigenvalue weighted by Crippen LogP contribution is 2.34. The summed E-state index contributed by atoms with van der Waals surface area (Å²) >= 11 is 0. The molecule has 0 aliphatic carbocycles. The number of aromatic nitrogens is 4. The second-order valence-corrected chi connectivity index (χ2v) is 6.40. The molecule has 3 aromatic rings. The number of urea groups is 1. The summed E-state index contributed by atoms with van der Waals surface area (Å²) in [5.41, 5.74) is 0.640. The van der Waals surface area contributed by atoms with Crippen LogP contribution in [0.4, 0.5) is 29.5 Å². The van der Waals surface area contributed by atoms with Crippen molar-refractivity contribution >= 4 is 17.5 Å². The lowest BCUT2D eigenvalue weighted by atomic mass is 10.1. The van der Waals surface area contributed by atoms with Crippen molar-refractivity contribution in [1.82, 2.24) is 24.8 Å². The van der Waals surface area contributed by atoms with Gasteiger partial charge in [-0.2, -0.15) is 13.2 Å². The summed E-state index contributed by atoms with van der Waals surface area (Å²) in [5.74, 6) is 1.18. The SMILES string of the molecule is Cc1ncn(-c2cc(NCCNC(=O)Nc3ccccc3C(F)(F)F)ncn2)c1C. The number of nitrogens with zero attached hydrogens (tertiary/aromatic N) is 4. The van der Waals surface area contributed by atoms with Crippen molar-refractivity contribution in [2.45, 2.75) is 20.0 Å². The molecule has 8 nitrogen and oxygen atoms in total. The molecule has 0 spiro atoms. The molecule has 1 aromatic carbocycles. The number of alkyl halides is 3. The number of rotatable bonds is 6. The van der Waals surface area contributed by atoms with E-state index in [0.29, 0.717) is 18.2 Å². The number of carbonyl (C=O) groups is 1. The van der Waals surface area contributed by atoms with Crippen LogP contribution in [-0.2, 0) is 6.18 Å². The zero-order chi connectivity index (χ0) is 21.7. The number of imidazole rings is 1. The Morgan fingerprint density at radius 3 is 2.57 bits per heavy atom. The predicted molar refractivity (Wildman–Crippen MR) is 106 cm³/mol. The molecule has 0 radical (unpaired) electrons. The lowest BCUT2D eigenvalue weighted by Crippen LogP contribution is -2.33. The number of anilines is 2. The topological polar surface area (TPSA) is 96.8 Å². The molecule has 0 unspecified atom stereocenters. The van der Waals surface area contributed by atoms with E-state index in [1.807, 2.05) is 18.4 Å². The van der Waals surface area contributed by atoms with Gasteiger partial charge in [0.05, 0.1) is 16.9 Å². The highest BCUT2D eigenvalue weighted by atomic mass is 19.4. The standard InChI is InChI=1S/C19H20F3N7O/c1-12-13(2)29(11-27-12)17-9-16(25-10-26-17)23-7-8-24-18(30)28-15-6-4-3-5-14(15)19(20,21)22/h3-6,9-11H,7-8H2,1-2H3,(H,23,25,26)(H2,24,28,30). The number of nitrogens with one attached hydrogen (secondary N) is 3. The molecule has 158 valence electrons. The van der Waals surface area contributed by atoms with Crippen molar-refractivity contribution in [1.29, 1.82) is 0 Å². The average Bonchev–Trinajstić information content (AvgIpc) is 3.04. The van der Waals surface area contributed by atoms with Crippen molar-refractivity contribution < 1.29 is 18.0 Å². The number of benzene rings is 1. The third kappa shape index (κ3) is 5.04. The first kappa shape index (κ1) is 21.1. The van der Waals surface area contributed by atoms with E-state index in [4.69, 9.17) is 0 Å². The molecule has 2 amide bonds. The maximum atomic E-state index is 13.0. The molecule has 3 rings (SSSR count). The summed E-state index contributed by atoms with van der Waals surface area (Å²) < 4.78 is 40.8. The maximum Gasteiger partial charge on any atom is 0.418 e. The van der Waals surface area contributed by atoms with Crippen LogP contribution in [0.25, 0.3) is 5.82 Å². The largest absolute Gasteiger partial charge is 0.418 e. The quantitative estimate of drug-likeness (QED) is 0.531. The lowest BCUT2D eigenvalue weighted by molar-refractivity contribution is -0.136. The van der Waals surface area contributed by atoms with Crippen LogP contribution in [-0.4, -0.2) is 38.6 Å². The van der Waals surface area contributed by atoms with E-state index >= 15 is 0 Å². The van der Waals surface area contributed by atoms with Crippen molar-refractivity contribution in [3.63, 3.8) is 0 Å². The van der Waals surface area contributed by atoms with Gasteiger partial charge in [-0.05, 0) is 26.0 Å². The van der Waals surface area contributed by atoms with E-state index in [1.165, 1.54) is 24.5 Å². The third-order valence-electron chi connectivity index (χ3n) is 4.35. The Balaban J connectivity index is 1.52. The molecule has 0 bridgehead atoms. The Hall–Kier alpha value is -3.63. The minimum atomic E-state index is -4.55. The molecule has 0 fully saturated rings. The van der Waals surface area contributed by atoms with Gasteiger partial charge in [-0.25, -0.2) is 19.7 Å². The number of carbonyl (C=O) groups excluding carboxylic acids is 1. The average molecular weight is 419 g/mol. The molecule has 3 N–H and O–H groups in total. The Labute approximate surface area is 170 Å². The molecule has 2 heterocycles. The molecule has 30 heavy (non-hydrogen) atoms. The van der Waals surface area contributed by atoms with Gasteiger partial charge in [-0.15, -0.1) is 0 Å².